The average molecular weight is 521 g/mol. The molecule has 1 aliphatic carbocycles. The van der Waals surface area contributed by atoms with E-state index in [4.69, 9.17) is 0 Å². The van der Waals surface area contributed by atoms with Gasteiger partial charge in [0.2, 0.25) is 5.91 Å². The predicted molar refractivity (Wildman–Crippen MR) is 146 cm³/mol. The molecule has 1 heterocycles. The van der Waals surface area contributed by atoms with Crippen molar-refractivity contribution in [1.29, 1.82) is 0 Å². The summed E-state index contributed by atoms with van der Waals surface area (Å²) in [6.45, 7) is 3.51. The van der Waals surface area contributed by atoms with E-state index in [1.54, 1.807) is 28.8 Å². The summed E-state index contributed by atoms with van der Waals surface area (Å²) in [5.74, 6) is -0.691. The van der Waals surface area contributed by atoms with E-state index < -0.39 is 18.3 Å². The molecule has 1 aliphatic rings. The van der Waals surface area contributed by atoms with Crippen LogP contribution in [0.5, 0.6) is 0 Å². The number of rotatable bonds is 10. The lowest BCUT2D eigenvalue weighted by Gasteiger charge is -2.20. The standard InChI is InChI=1S/C31H37FN2O4/c1-21(2)12-17-27-28(19-32)34(29(35)18-22-8-4-3-5-9-22)31(38)33(27)20-23-13-15-24(16-14-23)25-10-6-7-11-26(25)30(36)37/h6-7,10-11,13-16,21-22H,3-5,8-9,12,17-20H2,1-2H3,(H,36,37). The molecule has 0 spiro atoms. The fourth-order valence-corrected chi connectivity index (χ4v) is 5.52. The first-order chi connectivity index (χ1) is 18.3. The van der Waals surface area contributed by atoms with Crippen LogP contribution in [0, 0.1) is 11.8 Å². The minimum absolute atomic E-state index is 0.184. The number of carboxylic acid groups (broad SMARTS) is 1. The molecule has 0 amide bonds. The normalized spacial score (nSPS) is 14.2. The van der Waals surface area contributed by atoms with Gasteiger partial charge in [0.25, 0.3) is 0 Å². The van der Waals surface area contributed by atoms with Crippen LogP contribution in [0.4, 0.5) is 4.39 Å². The highest BCUT2D eigenvalue weighted by Gasteiger charge is 2.26. The Balaban J connectivity index is 1.67. The summed E-state index contributed by atoms with van der Waals surface area (Å²) >= 11 is 0. The molecule has 4 rings (SSSR count). The largest absolute Gasteiger partial charge is 0.478 e. The summed E-state index contributed by atoms with van der Waals surface area (Å²) in [6, 6.07) is 14.2. The molecule has 6 nitrogen and oxygen atoms in total. The van der Waals surface area contributed by atoms with E-state index in [1.807, 2.05) is 24.3 Å². The van der Waals surface area contributed by atoms with Crippen LogP contribution >= 0.6 is 0 Å². The van der Waals surface area contributed by atoms with E-state index in [1.165, 1.54) is 6.42 Å². The zero-order valence-corrected chi connectivity index (χ0v) is 22.3. The van der Waals surface area contributed by atoms with E-state index in [0.717, 1.165) is 47.8 Å². The number of alkyl halides is 1. The van der Waals surface area contributed by atoms with E-state index in [9.17, 15) is 23.9 Å². The van der Waals surface area contributed by atoms with Gasteiger partial charge in [-0.05, 0) is 60.3 Å². The van der Waals surface area contributed by atoms with Gasteiger partial charge in [0.1, 0.15) is 6.67 Å². The van der Waals surface area contributed by atoms with Crippen molar-refractivity contribution in [3.8, 4) is 11.1 Å². The first-order valence-electron chi connectivity index (χ1n) is 13.6. The van der Waals surface area contributed by atoms with Gasteiger partial charge in [-0.2, -0.15) is 0 Å². The smallest absolute Gasteiger partial charge is 0.336 e. The third kappa shape index (κ3) is 6.14. The van der Waals surface area contributed by atoms with Crippen LogP contribution in [0.1, 0.15) is 90.9 Å². The quantitative estimate of drug-likeness (QED) is 0.321. The number of carbonyl (C=O) groups excluding carboxylic acids is 1. The monoisotopic (exact) mass is 520 g/mol. The zero-order chi connectivity index (χ0) is 27.2. The van der Waals surface area contributed by atoms with Crippen LogP contribution in [0.25, 0.3) is 11.1 Å². The van der Waals surface area contributed by atoms with Crippen molar-refractivity contribution in [3.05, 3.63) is 81.5 Å². The summed E-state index contributed by atoms with van der Waals surface area (Å²) in [7, 11) is 0. The van der Waals surface area contributed by atoms with Crippen molar-refractivity contribution in [2.45, 2.75) is 78.4 Å². The number of imidazole rings is 1. The Morgan fingerprint density at radius 1 is 1.00 bits per heavy atom. The summed E-state index contributed by atoms with van der Waals surface area (Å²) in [5.41, 5.74) is 2.69. The Labute approximate surface area is 223 Å². The first-order valence-corrected chi connectivity index (χ1v) is 13.6. The molecule has 3 aromatic rings. The van der Waals surface area contributed by atoms with Crippen molar-refractivity contribution in [2.24, 2.45) is 11.8 Å². The van der Waals surface area contributed by atoms with E-state index in [2.05, 4.69) is 13.8 Å². The van der Waals surface area contributed by atoms with Gasteiger partial charge in [-0.3, -0.25) is 9.36 Å². The zero-order valence-electron chi connectivity index (χ0n) is 22.3. The number of hydrogen-bond acceptors (Lipinski definition) is 3. The summed E-state index contributed by atoms with van der Waals surface area (Å²) in [5, 5.41) is 9.53. The Morgan fingerprint density at radius 3 is 2.32 bits per heavy atom. The number of carbonyl (C=O) groups is 2. The van der Waals surface area contributed by atoms with E-state index >= 15 is 0 Å². The van der Waals surface area contributed by atoms with Crippen LogP contribution in [-0.4, -0.2) is 26.1 Å². The minimum Gasteiger partial charge on any atom is -0.478 e. The van der Waals surface area contributed by atoms with Crippen LogP contribution in [0.3, 0.4) is 0 Å². The fourth-order valence-electron chi connectivity index (χ4n) is 5.52. The van der Waals surface area contributed by atoms with Gasteiger partial charge in [0.15, 0.2) is 0 Å². The van der Waals surface area contributed by atoms with Crippen LogP contribution in [0.2, 0.25) is 0 Å². The molecule has 1 aromatic heterocycles. The maximum absolute atomic E-state index is 14.4. The maximum Gasteiger partial charge on any atom is 0.336 e. The van der Waals surface area contributed by atoms with Gasteiger partial charge in [0.05, 0.1) is 17.8 Å². The van der Waals surface area contributed by atoms with Crippen LogP contribution in [0.15, 0.2) is 53.3 Å². The molecule has 0 radical (unpaired) electrons. The molecule has 0 saturated heterocycles. The Bertz CT molecular complexity index is 1330. The molecular weight excluding hydrogens is 483 g/mol. The highest BCUT2D eigenvalue weighted by atomic mass is 19.1. The lowest BCUT2D eigenvalue weighted by Crippen LogP contribution is -2.31. The molecule has 1 N–H and O–H groups in total. The van der Waals surface area contributed by atoms with Gasteiger partial charge < -0.3 is 5.11 Å². The lowest BCUT2D eigenvalue weighted by atomic mass is 9.87. The van der Waals surface area contributed by atoms with Crippen molar-refractivity contribution in [3.63, 3.8) is 0 Å². The second-order valence-electron chi connectivity index (χ2n) is 10.8. The molecule has 0 atom stereocenters. The lowest BCUT2D eigenvalue weighted by molar-refractivity contribution is 0.0697. The van der Waals surface area contributed by atoms with E-state index in [0.29, 0.717) is 23.6 Å². The summed E-state index contributed by atoms with van der Waals surface area (Å²) in [4.78, 5) is 38.5. The minimum atomic E-state index is -0.996. The number of nitrogens with zero attached hydrogens (tertiary/aromatic N) is 2. The number of halogens is 1. The Kier molecular flexibility index (Phi) is 8.97. The van der Waals surface area contributed by atoms with Gasteiger partial charge >= 0.3 is 11.7 Å². The van der Waals surface area contributed by atoms with Gasteiger partial charge in [0, 0.05) is 12.1 Å². The number of aromatic nitrogens is 2. The van der Waals surface area contributed by atoms with Gasteiger partial charge in [-0.1, -0.05) is 75.6 Å². The molecule has 0 unspecified atom stereocenters. The van der Waals surface area contributed by atoms with Crippen molar-refractivity contribution < 1.29 is 19.1 Å². The molecule has 1 fully saturated rings. The number of carboxylic acids is 1. The van der Waals surface area contributed by atoms with E-state index in [-0.39, 0.29) is 36.0 Å². The number of aromatic carboxylic acids is 1. The second kappa shape index (κ2) is 12.4. The summed E-state index contributed by atoms with van der Waals surface area (Å²) < 4.78 is 17.1. The molecule has 2 aromatic carbocycles. The fraction of sp³-hybridized carbons (Fsp3) is 0.452. The average Bonchev–Trinajstić information content (AvgIpc) is 3.18. The molecule has 202 valence electrons. The van der Waals surface area contributed by atoms with Crippen LogP contribution < -0.4 is 5.69 Å². The molecule has 38 heavy (non-hydrogen) atoms. The first kappa shape index (κ1) is 27.6. The SMILES string of the molecule is CC(C)CCc1c(CF)n(C(=O)CC2CCCCC2)c(=O)n1Cc1ccc(-c2ccccc2C(=O)O)cc1. The molecule has 1 saturated carbocycles. The molecule has 0 aliphatic heterocycles. The van der Waals surface area contributed by atoms with Gasteiger partial charge in [-0.15, -0.1) is 0 Å². The predicted octanol–water partition coefficient (Wildman–Crippen LogP) is 6.73. The molecule has 7 heteroatoms. The third-order valence-corrected chi connectivity index (χ3v) is 7.64. The Morgan fingerprint density at radius 2 is 1.68 bits per heavy atom. The van der Waals surface area contributed by atoms with Crippen LogP contribution in [-0.2, 0) is 19.6 Å². The maximum atomic E-state index is 14.4. The summed E-state index contributed by atoms with van der Waals surface area (Å²) in [6.07, 6.45) is 6.88. The van der Waals surface area contributed by atoms with Gasteiger partial charge in [-0.25, -0.2) is 18.5 Å². The van der Waals surface area contributed by atoms with Crippen molar-refractivity contribution in [1.82, 2.24) is 9.13 Å². The highest BCUT2D eigenvalue weighted by molar-refractivity contribution is 5.96. The number of benzene rings is 2. The number of hydrogen-bond donors (Lipinski definition) is 1. The molecular formula is C31H37FN2O4. The third-order valence-electron chi connectivity index (χ3n) is 7.64. The van der Waals surface area contributed by atoms with Crippen molar-refractivity contribution in [2.75, 3.05) is 0 Å². The topological polar surface area (TPSA) is 81.3 Å². The molecule has 0 bridgehead atoms. The highest BCUT2D eigenvalue weighted by Crippen LogP contribution is 2.28. The Hall–Kier alpha value is -3.48. The van der Waals surface area contributed by atoms with Crippen molar-refractivity contribution >= 4 is 11.9 Å². The second-order valence-corrected chi connectivity index (χ2v) is 10.8.